The quantitative estimate of drug-likeness (QED) is 0.640. The molecule has 1 unspecified atom stereocenters. The highest BCUT2D eigenvalue weighted by Crippen LogP contribution is 2.25. The number of hydrogen-bond donors (Lipinski definition) is 1. The van der Waals surface area contributed by atoms with Crippen LogP contribution in [0.1, 0.15) is 26.7 Å². The van der Waals surface area contributed by atoms with Gasteiger partial charge in [0.1, 0.15) is 0 Å². The number of rotatable bonds is 3. The molecule has 2 heterocycles. The molecule has 0 aromatic carbocycles. The van der Waals surface area contributed by atoms with Crippen LogP contribution in [0.5, 0.6) is 0 Å². The highest BCUT2D eigenvalue weighted by atomic mass is 32.2. The van der Waals surface area contributed by atoms with E-state index >= 15 is 0 Å². The Labute approximate surface area is 132 Å². The van der Waals surface area contributed by atoms with Crippen LogP contribution in [0.4, 0.5) is 0 Å². The summed E-state index contributed by atoms with van der Waals surface area (Å²) in [5.74, 6) is 6.60. The zero-order chi connectivity index (χ0) is 14.4. The molecule has 2 aliphatic rings. The van der Waals surface area contributed by atoms with Crippen molar-refractivity contribution in [3.63, 3.8) is 0 Å². The number of thioether (sulfide) groups is 2. The number of aliphatic imine (C=N–C) groups is 1. The number of hydrogen-bond acceptors (Lipinski definition) is 3. The lowest BCUT2D eigenvalue weighted by atomic mass is 10.0. The average molecular weight is 316 g/mol. The Morgan fingerprint density at radius 1 is 1.30 bits per heavy atom. The van der Waals surface area contributed by atoms with Crippen molar-refractivity contribution in [1.29, 1.82) is 0 Å². The molecule has 0 spiro atoms. The Morgan fingerprint density at radius 2 is 2.05 bits per heavy atom. The molecule has 1 N–H and O–H groups in total. The van der Waals surface area contributed by atoms with Crippen molar-refractivity contribution in [3.8, 4) is 0 Å². The van der Waals surface area contributed by atoms with Gasteiger partial charge < -0.3 is 10.2 Å². The van der Waals surface area contributed by atoms with E-state index in [2.05, 4.69) is 52.6 Å². The summed E-state index contributed by atoms with van der Waals surface area (Å²) >= 11 is 4.22. The zero-order valence-corrected chi connectivity index (χ0v) is 14.7. The molecule has 2 fully saturated rings. The van der Waals surface area contributed by atoms with Crippen LogP contribution < -0.4 is 5.32 Å². The highest BCUT2D eigenvalue weighted by Gasteiger charge is 2.25. The minimum atomic E-state index is 0.744. The van der Waals surface area contributed by atoms with Crippen molar-refractivity contribution in [2.24, 2.45) is 16.8 Å². The van der Waals surface area contributed by atoms with Crippen molar-refractivity contribution < 1.29 is 0 Å². The lowest BCUT2D eigenvalue weighted by Crippen LogP contribution is -2.50. The van der Waals surface area contributed by atoms with Gasteiger partial charge in [-0.15, -0.1) is 0 Å². The maximum Gasteiger partial charge on any atom is 0.193 e. The fourth-order valence-corrected chi connectivity index (χ4v) is 5.29. The van der Waals surface area contributed by atoms with Gasteiger partial charge in [-0.2, -0.15) is 23.5 Å². The Hall–Kier alpha value is -0.0300. The maximum atomic E-state index is 4.51. The Kier molecular flexibility index (Phi) is 6.88. The van der Waals surface area contributed by atoms with E-state index in [1.807, 2.05) is 7.05 Å². The first kappa shape index (κ1) is 16.3. The minimum absolute atomic E-state index is 0.744. The van der Waals surface area contributed by atoms with Crippen LogP contribution in [0.15, 0.2) is 4.99 Å². The van der Waals surface area contributed by atoms with Crippen molar-refractivity contribution in [3.05, 3.63) is 0 Å². The van der Waals surface area contributed by atoms with Gasteiger partial charge in [0.05, 0.1) is 0 Å². The summed E-state index contributed by atoms with van der Waals surface area (Å²) in [6.45, 7) is 8.04. The Balaban J connectivity index is 1.81. The van der Waals surface area contributed by atoms with Gasteiger partial charge in [-0.1, -0.05) is 13.8 Å². The smallest absolute Gasteiger partial charge is 0.193 e. The van der Waals surface area contributed by atoms with Crippen LogP contribution in [-0.4, -0.2) is 60.0 Å². The number of nitrogens with one attached hydrogen (secondary N) is 1. The van der Waals surface area contributed by atoms with Crippen molar-refractivity contribution >= 4 is 29.5 Å². The summed E-state index contributed by atoms with van der Waals surface area (Å²) < 4.78 is 0. The second kappa shape index (κ2) is 8.42. The molecule has 0 aliphatic carbocycles. The molecule has 1 atom stereocenters. The highest BCUT2D eigenvalue weighted by molar-refractivity contribution is 8.00. The van der Waals surface area contributed by atoms with Crippen LogP contribution in [0.2, 0.25) is 0 Å². The fourth-order valence-electron chi connectivity index (χ4n) is 2.79. The molecule has 2 rings (SSSR count). The van der Waals surface area contributed by atoms with Gasteiger partial charge in [0, 0.05) is 37.7 Å². The molecule has 0 aromatic heterocycles. The third-order valence-electron chi connectivity index (χ3n) is 4.24. The fraction of sp³-hybridized carbons (Fsp3) is 0.933. The third kappa shape index (κ3) is 4.76. The second-order valence-electron chi connectivity index (χ2n) is 6.08. The first-order valence-corrected chi connectivity index (χ1v) is 10.1. The van der Waals surface area contributed by atoms with Crippen LogP contribution in [0.25, 0.3) is 0 Å². The number of guanidine groups is 1. The van der Waals surface area contributed by atoms with E-state index < -0.39 is 0 Å². The average Bonchev–Trinajstić information content (AvgIpc) is 2.49. The van der Waals surface area contributed by atoms with Gasteiger partial charge in [-0.3, -0.25) is 4.99 Å². The van der Waals surface area contributed by atoms with Crippen LogP contribution in [-0.2, 0) is 0 Å². The van der Waals surface area contributed by atoms with Gasteiger partial charge in [0.15, 0.2) is 5.96 Å². The summed E-state index contributed by atoms with van der Waals surface area (Å²) in [5, 5.41) is 4.37. The Bertz CT molecular complexity index is 314. The molecule has 0 amide bonds. The van der Waals surface area contributed by atoms with Gasteiger partial charge in [0.2, 0.25) is 0 Å². The zero-order valence-electron chi connectivity index (χ0n) is 13.1. The molecule has 0 aromatic rings. The third-order valence-corrected chi connectivity index (χ3v) is 6.83. The summed E-state index contributed by atoms with van der Waals surface area (Å²) in [6.07, 6.45) is 2.72. The number of nitrogens with zero attached hydrogens (tertiary/aromatic N) is 2. The second-order valence-corrected chi connectivity index (χ2v) is 8.65. The molecular formula is C15H29N3S2. The van der Waals surface area contributed by atoms with Crippen molar-refractivity contribution in [2.75, 3.05) is 43.9 Å². The summed E-state index contributed by atoms with van der Waals surface area (Å²) in [6, 6.07) is 0. The summed E-state index contributed by atoms with van der Waals surface area (Å²) in [7, 11) is 1.92. The SMILES string of the molecule is CN=C(NCC1CCSCC1)N1CCSC(C(C)C)C1. The summed E-state index contributed by atoms with van der Waals surface area (Å²) in [5.41, 5.74) is 0. The largest absolute Gasteiger partial charge is 0.356 e. The molecule has 0 saturated carbocycles. The van der Waals surface area contributed by atoms with E-state index in [1.165, 1.54) is 30.1 Å². The van der Waals surface area contributed by atoms with E-state index in [0.29, 0.717) is 0 Å². The van der Waals surface area contributed by atoms with Gasteiger partial charge in [-0.05, 0) is 36.2 Å². The standard InChI is InChI=1S/C15H29N3S2/c1-12(2)14-11-18(6-9-20-14)15(16-3)17-10-13-4-7-19-8-5-13/h12-14H,4-11H2,1-3H3,(H,16,17). The Morgan fingerprint density at radius 3 is 2.70 bits per heavy atom. The molecule has 0 bridgehead atoms. The van der Waals surface area contributed by atoms with E-state index in [9.17, 15) is 0 Å². The van der Waals surface area contributed by atoms with E-state index in [-0.39, 0.29) is 0 Å². The van der Waals surface area contributed by atoms with E-state index in [4.69, 9.17) is 0 Å². The molecule has 5 heteroatoms. The monoisotopic (exact) mass is 315 g/mol. The maximum absolute atomic E-state index is 4.51. The van der Waals surface area contributed by atoms with Crippen molar-refractivity contribution in [2.45, 2.75) is 31.9 Å². The molecular weight excluding hydrogens is 286 g/mol. The molecule has 2 saturated heterocycles. The van der Waals surface area contributed by atoms with Gasteiger partial charge in [0.25, 0.3) is 0 Å². The summed E-state index contributed by atoms with van der Waals surface area (Å²) in [4.78, 5) is 6.96. The predicted molar refractivity (Wildman–Crippen MR) is 94.1 cm³/mol. The van der Waals surface area contributed by atoms with E-state index in [1.54, 1.807) is 0 Å². The molecule has 20 heavy (non-hydrogen) atoms. The lowest BCUT2D eigenvalue weighted by Gasteiger charge is -2.36. The minimum Gasteiger partial charge on any atom is -0.356 e. The predicted octanol–water partition coefficient (Wildman–Crippen LogP) is 2.78. The van der Waals surface area contributed by atoms with Crippen molar-refractivity contribution in [1.82, 2.24) is 10.2 Å². The molecule has 2 aliphatic heterocycles. The first-order chi connectivity index (χ1) is 9.70. The normalized spacial score (nSPS) is 26.1. The first-order valence-electron chi connectivity index (χ1n) is 7.85. The molecule has 116 valence electrons. The van der Waals surface area contributed by atoms with Crippen LogP contribution >= 0.6 is 23.5 Å². The molecule has 3 nitrogen and oxygen atoms in total. The molecule has 0 radical (unpaired) electrons. The van der Waals surface area contributed by atoms with Gasteiger partial charge in [-0.25, -0.2) is 0 Å². The lowest BCUT2D eigenvalue weighted by molar-refractivity contribution is 0.373. The van der Waals surface area contributed by atoms with Crippen LogP contribution in [0.3, 0.4) is 0 Å². The van der Waals surface area contributed by atoms with Crippen LogP contribution in [0, 0.1) is 11.8 Å². The topological polar surface area (TPSA) is 27.6 Å². The van der Waals surface area contributed by atoms with E-state index in [0.717, 1.165) is 42.7 Å². The van der Waals surface area contributed by atoms with Gasteiger partial charge >= 0.3 is 0 Å².